The van der Waals surface area contributed by atoms with Crippen molar-refractivity contribution in [2.24, 2.45) is 5.10 Å². The molecule has 1 aromatic rings. The van der Waals surface area contributed by atoms with Crippen LogP contribution in [-0.4, -0.2) is 23.6 Å². The number of nitrogens with one attached hydrogen (secondary N) is 1. The van der Waals surface area contributed by atoms with Crippen molar-refractivity contribution >= 4 is 39.5 Å². The Morgan fingerprint density at radius 2 is 2.21 bits per heavy atom. The highest BCUT2D eigenvalue weighted by molar-refractivity contribution is 9.10. The number of benzene rings is 1. The molecule has 0 saturated heterocycles. The van der Waals surface area contributed by atoms with Gasteiger partial charge in [-0.25, -0.2) is 4.79 Å². The highest BCUT2D eigenvalue weighted by atomic mass is 79.9. The number of amidine groups is 1. The van der Waals surface area contributed by atoms with Crippen LogP contribution in [0, 0.1) is 0 Å². The van der Waals surface area contributed by atoms with Crippen molar-refractivity contribution in [3.05, 3.63) is 33.8 Å². The molecule has 19 heavy (non-hydrogen) atoms. The highest BCUT2D eigenvalue weighted by Crippen LogP contribution is 2.33. The maximum absolute atomic E-state index is 11.2. The Kier molecular flexibility index (Phi) is 3.90. The van der Waals surface area contributed by atoms with Crippen LogP contribution in [0.2, 0.25) is 0 Å². The quantitative estimate of drug-likeness (QED) is 0.833. The summed E-state index contributed by atoms with van der Waals surface area (Å²) in [6.45, 7) is 4.49. The molecule has 0 bridgehead atoms. The zero-order valence-electron chi connectivity index (χ0n) is 10.6. The molecule has 6 heteroatoms. The molecular formula is C13H14BrN3O2. The van der Waals surface area contributed by atoms with Gasteiger partial charge in [0.2, 0.25) is 0 Å². The van der Waals surface area contributed by atoms with E-state index in [1.54, 1.807) is 6.08 Å². The minimum absolute atomic E-state index is 0.213. The molecule has 100 valence electrons. The van der Waals surface area contributed by atoms with Crippen LogP contribution >= 0.6 is 15.9 Å². The molecule has 0 fully saturated rings. The second-order valence-electron chi connectivity index (χ2n) is 3.75. The number of halogens is 1. The van der Waals surface area contributed by atoms with E-state index in [4.69, 9.17) is 5.11 Å². The fourth-order valence-electron chi connectivity index (χ4n) is 1.97. The van der Waals surface area contributed by atoms with Gasteiger partial charge in [0.25, 0.3) is 0 Å². The number of rotatable bonds is 1. The monoisotopic (exact) mass is 323 g/mol. The van der Waals surface area contributed by atoms with E-state index in [0.717, 1.165) is 15.7 Å². The van der Waals surface area contributed by atoms with Gasteiger partial charge >= 0.3 is 5.97 Å². The van der Waals surface area contributed by atoms with Gasteiger partial charge in [0, 0.05) is 4.47 Å². The molecule has 0 saturated carbocycles. The molecule has 0 unspecified atom stereocenters. The highest BCUT2D eigenvalue weighted by Gasteiger charge is 2.31. The fraction of sp³-hybridized carbons (Fsp3) is 0.231. The van der Waals surface area contributed by atoms with E-state index < -0.39 is 5.97 Å². The van der Waals surface area contributed by atoms with Crippen molar-refractivity contribution in [1.82, 2.24) is 5.43 Å². The SMILES string of the molecule is CC.O=C(O)C1=Cc2ccc(Br)cc2N2CNN=C12. The van der Waals surface area contributed by atoms with Crippen LogP contribution in [-0.2, 0) is 4.79 Å². The first-order valence-electron chi connectivity index (χ1n) is 6.00. The van der Waals surface area contributed by atoms with E-state index in [-0.39, 0.29) is 5.57 Å². The molecule has 1 aromatic carbocycles. The van der Waals surface area contributed by atoms with Crippen molar-refractivity contribution in [2.75, 3.05) is 11.6 Å². The average Bonchev–Trinajstić information content (AvgIpc) is 2.89. The third-order valence-electron chi connectivity index (χ3n) is 2.72. The van der Waals surface area contributed by atoms with Gasteiger partial charge in [-0.15, -0.1) is 0 Å². The van der Waals surface area contributed by atoms with Crippen LogP contribution < -0.4 is 10.3 Å². The lowest BCUT2D eigenvalue weighted by Crippen LogP contribution is -2.35. The molecule has 5 nitrogen and oxygen atoms in total. The maximum Gasteiger partial charge on any atom is 0.339 e. The molecule has 0 spiro atoms. The summed E-state index contributed by atoms with van der Waals surface area (Å²) in [4.78, 5) is 13.0. The third-order valence-corrected chi connectivity index (χ3v) is 3.22. The first kappa shape index (κ1) is 13.6. The number of carboxylic acids is 1. The minimum Gasteiger partial charge on any atom is -0.478 e. The van der Waals surface area contributed by atoms with E-state index in [9.17, 15) is 4.79 Å². The van der Waals surface area contributed by atoms with Gasteiger partial charge < -0.3 is 10.0 Å². The molecule has 3 rings (SSSR count). The summed E-state index contributed by atoms with van der Waals surface area (Å²) in [6.07, 6.45) is 1.65. The van der Waals surface area contributed by atoms with Gasteiger partial charge in [-0.05, 0) is 23.8 Å². The number of hydrogen-bond donors (Lipinski definition) is 2. The number of carboxylic acid groups (broad SMARTS) is 1. The summed E-state index contributed by atoms with van der Waals surface area (Å²) in [5.41, 5.74) is 4.85. The zero-order chi connectivity index (χ0) is 14.0. The smallest absolute Gasteiger partial charge is 0.339 e. The van der Waals surface area contributed by atoms with Crippen LogP contribution in [0.3, 0.4) is 0 Å². The third kappa shape index (κ3) is 2.35. The molecule has 2 N–H and O–H groups in total. The van der Waals surface area contributed by atoms with Gasteiger partial charge in [0.1, 0.15) is 12.2 Å². The Bertz CT molecular complexity index is 581. The topological polar surface area (TPSA) is 64.9 Å². The Balaban J connectivity index is 0.000000637. The van der Waals surface area contributed by atoms with Crippen molar-refractivity contribution in [2.45, 2.75) is 13.8 Å². The predicted octanol–water partition coefficient (Wildman–Crippen LogP) is 2.64. The second kappa shape index (κ2) is 5.44. The standard InChI is InChI=1S/C11H8BrN3O2.C2H6/c12-7-2-1-6-3-8(11(16)17)10-14-13-5-15(10)9(6)4-7;1-2/h1-4,13H,5H2,(H,16,17);1-2H3. The number of carbonyl (C=O) groups is 1. The van der Waals surface area contributed by atoms with Gasteiger partial charge in [-0.3, -0.25) is 5.43 Å². The van der Waals surface area contributed by atoms with E-state index >= 15 is 0 Å². The lowest BCUT2D eigenvalue weighted by molar-refractivity contribution is -0.131. The number of nitrogens with zero attached hydrogens (tertiary/aromatic N) is 2. The number of anilines is 1. The summed E-state index contributed by atoms with van der Waals surface area (Å²) >= 11 is 3.41. The molecule has 2 heterocycles. The molecule has 0 radical (unpaired) electrons. The zero-order valence-corrected chi connectivity index (χ0v) is 12.2. The summed E-state index contributed by atoms with van der Waals surface area (Å²) in [6, 6.07) is 5.73. The van der Waals surface area contributed by atoms with E-state index in [2.05, 4.69) is 26.5 Å². The van der Waals surface area contributed by atoms with Gasteiger partial charge in [0.15, 0.2) is 5.84 Å². The first-order chi connectivity index (χ1) is 9.16. The molecule has 0 atom stereocenters. The van der Waals surface area contributed by atoms with Crippen LogP contribution in [0.5, 0.6) is 0 Å². The van der Waals surface area contributed by atoms with Gasteiger partial charge in [-0.1, -0.05) is 35.8 Å². The summed E-state index contributed by atoms with van der Waals surface area (Å²) in [7, 11) is 0. The number of aliphatic carboxylic acids is 1. The van der Waals surface area contributed by atoms with Crippen LogP contribution in [0.4, 0.5) is 5.69 Å². The molecule has 0 aliphatic carbocycles. The molecule has 2 aliphatic heterocycles. The van der Waals surface area contributed by atoms with Crippen molar-refractivity contribution in [1.29, 1.82) is 0 Å². The molecule has 2 aliphatic rings. The summed E-state index contributed by atoms with van der Waals surface area (Å²) in [5, 5.41) is 13.2. The van der Waals surface area contributed by atoms with Gasteiger partial charge in [-0.2, -0.15) is 5.10 Å². The van der Waals surface area contributed by atoms with E-state index in [1.807, 2.05) is 36.9 Å². The van der Waals surface area contributed by atoms with Crippen LogP contribution in [0.1, 0.15) is 19.4 Å². The lowest BCUT2D eigenvalue weighted by atomic mass is 10.0. The van der Waals surface area contributed by atoms with Crippen LogP contribution in [0.25, 0.3) is 6.08 Å². The molecular weight excluding hydrogens is 310 g/mol. The fourth-order valence-corrected chi connectivity index (χ4v) is 2.32. The number of fused-ring (bicyclic) bond motifs is 3. The Labute approximate surface area is 119 Å². The van der Waals surface area contributed by atoms with Gasteiger partial charge in [0.05, 0.1) is 5.69 Å². The van der Waals surface area contributed by atoms with E-state index in [1.165, 1.54) is 0 Å². The largest absolute Gasteiger partial charge is 0.478 e. The van der Waals surface area contributed by atoms with Crippen molar-refractivity contribution in [3.63, 3.8) is 0 Å². The van der Waals surface area contributed by atoms with E-state index in [0.29, 0.717) is 12.5 Å². The average molecular weight is 324 g/mol. The molecule has 0 aromatic heterocycles. The van der Waals surface area contributed by atoms with Crippen LogP contribution in [0.15, 0.2) is 33.3 Å². The Hall–Kier alpha value is -1.82. The lowest BCUT2D eigenvalue weighted by Gasteiger charge is -2.25. The summed E-state index contributed by atoms with van der Waals surface area (Å²) < 4.78 is 0.953. The number of hydrogen-bond acceptors (Lipinski definition) is 4. The number of hydrazone groups is 1. The minimum atomic E-state index is -0.967. The Morgan fingerprint density at radius 1 is 1.47 bits per heavy atom. The summed E-state index contributed by atoms with van der Waals surface area (Å²) in [5.74, 6) is -0.505. The first-order valence-corrected chi connectivity index (χ1v) is 6.79. The second-order valence-corrected chi connectivity index (χ2v) is 4.66. The molecule has 0 amide bonds. The van der Waals surface area contributed by atoms with Crippen molar-refractivity contribution in [3.8, 4) is 0 Å². The maximum atomic E-state index is 11.2. The predicted molar refractivity (Wildman–Crippen MR) is 79.0 cm³/mol. The Morgan fingerprint density at radius 3 is 2.89 bits per heavy atom. The normalized spacial score (nSPS) is 15.2. The van der Waals surface area contributed by atoms with Crippen molar-refractivity contribution < 1.29 is 9.90 Å².